The maximum atomic E-state index is 15.3. The number of ether oxygens (including phenoxy) is 5. The summed E-state index contributed by atoms with van der Waals surface area (Å²) in [6, 6.07) is 13.6. The molecular formula is C53H45FN8O18. The molecule has 0 spiro atoms. The molecule has 26 nitrogen and oxygen atoms in total. The van der Waals surface area contributed by atoms with Gasteiger partial charge in [0.05, 0.1) is 42.5 Å². The number of fused-ring (bicyclic) bond motifs is 16. The molecule has 6 aromatic carbocycles. The van der Waals surface area contributed by atoms with E-state index in [1.165, 1.54) is 67.8 Å². The van der Waals surface area contributed by atoms with Crippen LogP contribution in [-0.4, -0.2) is 88.8 Å². The Bertz CT molecular complexity index is 3510. The predicted octanol–water partition coefficient (Wildman–Crippen LogP) is 5.23. The van der Waals surface area contributed by atoms with Gasteiger partial charge in [-0.2, -0.15) is 4.39 Å². The van der Waals surface area contributed by atoms with Crippen molar-refractivity contribution >= 4 is 52.6 Å². The molecule has 4 aliphatic heterocycles. The highest BCUT2D eigenvalue weighted by molar-refractivity contribution is 5.98. The molecule has 5 unspecified atom stereocenters. The number of benzene rings is 6. The van der Waals surface area contributed by atoms with E-state index >= 15 is 9.59 Å². The molecule has 4 heterocycles. The number of carbonyl (C=O) groups is 6. The van der Waals surface area contributed by atoms with Gasteiger partial charge in [0, 0.05) is 31.0 Å². The van der Waals surface area contributed by atoms with Gasteiger partial charge in [0.25, 0.3) is 0 Å². The predicted molar refractivity (Wildman–Crippen MR) is 273 cm³/mol. The highest BCUT2D eigenvalue weighted by Crippen LogP contribution is 2.47. The Balaban J connectivity index is 1.34. The van der Waals surface area contributed by atoms with Crippen LogP contribution in [0.5, 0.6) is 40.2 Å². The number of carbonyl (C=O) groups excluding carboxylic acids is 6. The van der Waals surface area contributed by atoms with Gasteiger partial charge in [-0.1, -0.05) is 42.5 Å². The molecule has 80 heavy (non-hydrogen) atoms. The van der Waals surface area contributed by atoms with Crippen LogP contribution in [0.1, 0.15) is 51.5 Å². The van der Waals surface area contributed by atoms with Gasteiger partial charge in [-0.05, 0) is 88.0 Å². The maximum absolute atomic E-state index is 15.3. The summed E-state index contributed by atoms with van der Waals surface area (Å²) in [6.45, 7) is 0. The van der Waals surface area contributed by atoms with Crippen molar-refractivity contribution in [1.82, 2.24) is 26.6 Å². The van der Waals surface area contributed by atoms with Crippen LogP contribution in [0.15, 0.2) is 115 Å². The molecule has 4 aliphatic rings. The molecule has 5 atom stereocenters. The van der Waals surface area contributed by atoms with Crippen LogP contribution in [0.2, 0.25) is 0 Å². The van der Waals surface area contributed by atoms with Crippen molar-refractivity contribution in [2.24, 2.45) is 0 Å². The number of amides is 5. The third-order valence-electron chi connectivity index (χ3n) is 12.7. The first-order chi connectivity index (χ1) is 38.2. The molecule has 0 fully saturated rings. The summed E-state index contributed by atoms with van der Waals surface area (Å²) < 4.78 is 43.1. The summed E-state index contributed by atoms with van der Waals surface area (Å²) >= 11 is 0. The summed E-state index contributed by atoms with van der Waals surface area (Å²) in [4.78, 5) is 121. The number of hydrogen-bond donors (Lipinski definition) is 6. The van der Waals surface area contributed by atoms with Crippen molar-refractivity contribution < 1.29 is 76.7 Å². The van der Waals surface area contributed by atoms with Crippen molar-refractivity contribution in [2.75, 3.05) is 21.3 Å². The number of hydrogen-bond acceptors (Lipinski definition) is 18. The number of aromatic hydroxyl groups is 1. The van der Waals surface area contributed by atoms with Crippen LogP contribution in [0.4, 0.5) is 21.5 Å². The molecular weight excluding hydrogens is 1060 g/mol. The van der Waals surface area contributed by atoms with Crippen molar-refractivity contribution in [2.45, 2.75) is 49.5 Å². The Kier molecular flexibility index (Phi) is 16.4. The second-order valence-electron chi connectivity index (χ2n) is 17.9. The second kappa shape index (κ2) is 23.7. The quantitative estimate of drug-likeness (QED) is 0.0549. The first kappa shape index (κ1) is 55.5. The van der Waals surface area contributed by atoms with Crippen LogP contribution in [0.3, 0.4) is 0 Å². The molecule has 10 rings (SSSR count). The van der Waals surface area contributed by atoms with Crippen LogP contribution >= 0.6 is 0 Å². The molecule has 0 saturated heterocycles. The van der Waals surface area contributed by atoms with Crippen molar-refractivity contribution in [1.29, 1.82) is 0 Å². The van der Waals surface area contributed by atoms with Gasteiger partial charge in [-0.15, -0.1) is 0 Å². The maximum Gasteiger partial charge on any atom is 0.328 e. The molecule has 7 bridgehead atoms. The van der Waals surface area contributed by atoms with Crippen molar-refractivity contribution in [3.63, 3.8) is 0 Å². The summed E-state index contributed by atoms with van der Waals surface area (Å²) in [6.07, 6.45) is -1.60. The third kappa shape index (κ3) is 12.4. The fourth-order valence-corrected chi connectivity index (χ4v) is 8.80. The average Bonchev–Trinajstić information content (AvgIpc) is 3.45. The minimum absolute atomic E-state index is 0.0232. The van der Waals surface area contributed by atoms with E-state index in [1.807, 2.05) is 0 Å². The van der Waals surface area contributed by atoms with Crippen LogP contribution < -0.4 is 45.5 Å². The Morgan fingerprint density at radius 3 is 1.70 bits per heavy atom. The Hall–Kier alpha value is -10.7. The molecule has 0 saturated carbocycles. The number of rotatable bonds is 11. The number of esters is 1. The van der Waals surface area contributed by atoms with Crippen LogP contribution in [0.25, 0.3) is 0 Å². The van der Waals surface area contributed by atoms with E-state index in [-0.39, 0.29) is 39.1 Å². The van der Waals surface area contributed by atoms with Crippen LogP contribution in [-0.2, 0) is 52.8 Å². The number of nitrogens with one attached hydrogen (secondary N) is 5. The van der Waals surface area contributed by atoms with E-state index in [0.29, 0.717) is 5.75 Å². The fourth-order valence-electron chi connectivity index (χ4n) is 8.80. The Labute approximate surface area is 450 Å². The van der Waals surface area contributed by atoms with E-state index in [9.17, 15) is 59.0 Å². The first-order valence-electron chi connectivity index (χ1n) is 23.8. The zero-order valence-electron chi connectivity index (χ0n) is 42.1. The SMILES string of the molecule is COC(=O)C1Cc2ccc(c([N+](=O)[O-])c2)Oc2cc3cc(c2OC)Oc2ccc(cc2[N+](=O)[O-])CC(NC(=O)Cc2ccc([N+](=O)[O-])c(F)c2)C(=O)NC(c2cccc(O)c2)C(=O)NC3C(=O)NC(c2ccc(OC)cc2)C(=O)N1. The summed E-state index contributed by atoms with van der Waals surface area (Å²) in [5, 5.41) is 60.3. The first-order valence-corrected chi connectivity index (χ1v) is 23.8. The molecule has 6 aromatic rings. The number of methoxy groups -OCH3 is 3. The highest BCUT2D eigenvalue weighted by atomic mass is 19.1. The van der Waals surface area contributed by atoms with Crippen molar-refractivity contribution in [3.8, 4) is 40.2 Å². The van der Waals surface area contributed by atoms with Crippen molar-refractivity contribution in [3.05, 3.63) is 185 Å². The standard InChI is InChI=1S/C53H45FN8O18/c1-76-33-12-10-29(11-13-33)45-50(66)56-36(53(69)78-3)19-28-9-16-41(39(21-28)62(74)75)80-43-25-31-24-42(48(43)77-2)79-40-15-8-27(20-38(40)61(72)73)18-35(55-44(64)22-26-7-14-37(60(70)71)34(54)17-26)49(65)57-46(30-5-4-6-32(63)23-30)51(67)59-47(31)52(68)58-45/h4-17,20-21,23-25,35-36,45-47,63H,18-19,22H2,1-3H3,(H,55,64)(H,56,66)(H,57,65)(H,58,68)(H,59,67). The second-order valence-corrected chi connectivity index (χ2v) is 17.9. The summed E-state index contributed by atoms with van der Waals surface area (Å²) in [5.74, 6) is -10.1. The lowest BCUT2D eigenvalue weighted by atomic mass is 9.98. The lowest BCUT2D eigenvalue weighted by Crippen LogP contribution is -2.53. The number of nitro benzene ring substituents is 3. The van der Waals surface area contributed by atoms with E-state index in [2.05, 4.69) is 26.6 Å². The number of nitrogens with zero attached hydrogens (tertiary/aromatic N) is 3. The molecule has 0 radical (unpaired) electrons. The highest BCUT2D eigenvalue weighted by Gasteiger charge is 2.38. The molecule has 27 heteroatoms. The average molecular weight is 1100 g/mol. The molecule has 6 N–H and O–H groups in total. The molecule has 0 aromatic heterocycles. The van der Waals surface area contributed by atoms with E-state index in [4.69, 9.17) is 23.7 Å². The van der Waals surface area contributed by atoms with Gasteiger partial charge in [-0.3, -0.25) is 54.3 Å². The molecule has 5 amide bonds. The van der Waals surface area contributed by atoms with Gasteiger partial charge >= 0.3 is 23.0 Å². The Morgan fingerprint density at radius 2 is 1.16 bits per heavy atom. The topological polar surface area (TPSA) is 358 Å². The normalized spacial score (nSPS) is 18.2. The van der Waals surface area contributed by atoms with Gasteiger partial charge in [0.15, 0.2) is 11.5 Å². The minimum Gasteiger partial charge on any atom is -0.508 e. The van der Waals surface area contributed by atoms with Gasteiger partial charge in [0.1, 0.15) is 41.7 Å². The van der Waals surface area contributed by atoms with Crippen LogP contribution in [0, 0.1) is 36.2 Å². The third-order valence-corrected chi connectivity index (χ3v) is 12.7. The number of halogens is 1. The smallest absolute Gasteiger partial charge is 0.328 e. The van der Waals surface area contributed by atoms with Gasteiger partial charge < -0.3 is 55.4 Å². The zero-order chi connectivity index (χ0) is 57.5. The Morgan fingerprint density at radius 1 is 0.613 bits per heavy atom. The zero-order valence-corrected chi connectivity index (χ0v) is 42.1. The number of phenols is 1. The molecule has 0 aliphatic carbocycles. The number of nitro groups is 3. The summed E-state index contributed by atoms with van der Waals surface area (Å²) in [7, 11) is 3.55. The monoisotopic (exact) mass is 1100 g/mol. The van der Waals surface area contributed by atoms with E-state index < -0.39 is 151 Å². The van der Waals surface area contributed by atoms with Gasteiger partial charge in [-0.25, -0.2) is 4.79 Å². The van der Waals surface area contributed by atoms with Gasteiger partial charge in [0.2, 0.25) is 52.6 Å². The lowest BCUT2D eigenvalue weighted by Gasteiger charge is -2.29. The largest absolute Gasteiger partial charge is 0.508 e. The van der Waals surface area contributed by atoms with E-state index in [1.54, 1.807) is 0 Å². The minimum atomic E-state index is -2.08. The molecule has 412 valence electrons. The number of phenolic OH excluding ortho intramolecular Hbond substituents is 1. The lowest BCUT2D eigenvalue weighted by molar-refractivity contribution is -0.387. The summed E-state index contributed by atoms with van der Waals surface area (Å²) in [5.41, 5.74) is -2.56. The van der Waals surface area contributed by atoms with E-state index in [0.717, 1.165) is 68.8 Å². The fraction of sp³-hybridized carbons (Fsp3) is 0.208.